The topological polar surface area (TPSA) is 44.9 Å². The van der Waals surface area contributed by atoms with Crippen LogP contribution in [-0.4, -0.2) is 16.8 Å². The Kier molecular flexibility index (Phi) is 3.57. The Labute approximate surface area is 113 Å². The SMILES string of the molecule is Cc1cccc(CN(C)c2c(C#N)c(C)nn2C)c1. The number of benzene rings is 1. The van der Waals surface area contributed by atoms with Crippen LogP contribution in [0, 0.1) is 25.2 Å². The van der Waals surface area contributed by atoms with Crippen molar-refractivity contribution >= 4 is 5.82 Å². The second-order valence-electron chi connectivity index (χ2n) is 4.86. The molecule has 0 bridgehead atoms. The number of aryl methyl sites for hydroxylation is 3. The number of nitrogens with zero attached hydrogens (tertiary/aromatic N) is 4. The van der Waals surface area contributed by atoms with Gasteiger partial charge in [-0.25, -0.2) is 0 Å². The van der Waals surface area contributed by atoms with Gasteiger partial charge in [-0.15, -0.1) is 0 Å². The van der Waals surface area contributed by atoms with Crippen LogP contribution in [0.3, 0.4) is 0 Å². The van der Waals surface area contributed by atoms with Gasteiger partial charge in [-0.3, -0.25) is 4.68 Å². The summed E-state index contributed by atoms with van der Waals surface area (Å²) in [4.78, 5) is 2.06. The molecule has 0 saturated heterocycles. The van der Waals surface area contributed by atoms with Crippen LogP contribution in [0.15, 0.2) is 24.3 Å². The summed E-state index contributed by atoms with van der Waals surface area (Å²) in [5.74, 6) is 0.863. The number of aromatic nitrogens is 2. The van der Waals surface area contributed by atoms with E-state index in [-0.39, 0.29) is 0 Å². The molecule has 0 amide bonds. The molecule has 98 valence electrons. The van der Waals surface area contributed by atoms with E-state index in [9.17, 15) is 5.26 Å². The standard InChI is InChI=1S/C15H18N4/c1-11-6-5-7-13(8-11)10-18(3)15-14(9-16)12(2)17-19(15)4/h5-8H,10H2,1-4H3. The Balaban J connectivity index is 2.31. The smallest absolute Gasteiger partial charge is 0.145 e. The second kappa shape index (κ2) is 5.15. The van der Waals surface area contributed by atoms with Crippen LogP contribution >= 0.6 is 0 Å². The van der Waals surface area contributed by atoms with Crippen molar-refractivity contribution in [1.29, 1.82) is 5.26 Å². The van der Waals surface area contributed by atoms with Crippen LogP contribution in [0.25, 0.3) is 0 Å². The predicted octanol–water partition coefficient (Wildman–Crippen LogP) is 2.55. The molecule has 0 N–H and O–H groups in total. The third-order valence-corrected chi connectivity index (χ3v) is 3.17. The Bertz CT molecular complexity index is 634. The van der Waals surface area contributed by atoms with Gasteiger partial charge in [0.15, 0.2) is 0 Å². The zero-order chi connectivity index (χ0) is 14.0. The number of rotatable bonds is 3. The van der Waals surface area contributed by atoms with Crippen molar-refractivity contribution < 1.29 is 0 Å². The molecule has 0 unspecified atom stereocenters. The molecule has 0 aliphatic heterocycles. The van der Waals surface area contributed by atoms with E-state index in [0.717, 1.165) is 18.1 Å². The second-order valence-corrected chi connectivity index (χ2v) is 4.86. The Morgan fingerprint density at radius 1 is 1.37 bits per heavy atom. The van der Waals surface area contributed by atoms with Gasteiger partial charge >= 0.3 is 0 Å². The number of hydrogen-bond acceptors (Lipinski definition) is 3. The average Bonchev–Trinajstić information content (AvgIpc) is 2.63. The minimum absolute atomic E-state index is 0.651. The zero-order valence-electron chi connectivity index (χ0n) is 11.8. The first kappa shape index (κ1) is 13.2. The Morgan fingerprint density at radius 3 is 2.74 bits per heavy atom. The van der Waals surface area contributed by atoms with E-state index in [1.54, 1.807) is 4.68 Å². The Hall–Kier alpha value is -2.28. The third-order valence-electron chi connectivity index (χ3n) is 3.17. The highest BCUT2D eigenvalue weighted by atomic mass is 15.4. The molecule has 0 fully saturated rings. The van der Waals surface area contributed by atoms with Gasteiger partial charge in [-0.2, -0.15) is 10.4 Å². The lowest BCUT2D eigenvalue weighted by molar-refractivity contribution is 0.726. The van der Waals surface area contributed by atoms with Crippen molar-refractivity contribution in [3.8, 4) is 6.07 Å². The summed E-state index contributed by atoms with van der Waals surface area (Å²) in [5.41, 5.74) is 3.89. The molecule has 2 rings (SSSR count). The Morgan fingerprint density at radius 2 is 2.11 bits per heavy atom. The third kappa shape index (κ3) is 2.60. The fraction of sp³-hybridized carbons (Fsp3) is 0.333. The summed E-state index contributed by atoms with van der Waals surface area (Å²) in [7, 11) is 3.86. The van der Waals surface area contributed by atoms with Crippen LogP contribution < -0.4 is 4.90 Å². The van der Waals surface area contributed by atoms with Crippen LogP contribution in [0.1, 0.15) is 22.4 Å². The molecular formula is C15H18N4. The number of anilines is 1. The highest BCUT2D eigenvalue weighted by molar-refractivity contribution is 5.56. The van der Waals surface area contributed by atoms with Gasteiger partial charge in [0.1, 0.15) is 17.5 Å². The van der Waals surface area contributed by atoms with Gasteiger partial charge < -0.3 is 4.90 Å². The number of hydrogen-bond donors (Lipinski definition) is 0. The zero-order valence-corrected chi connectivity index (χ0v) is 11.8. The molecular weight excluding hydrogens is 236 g/mol. The molecule has 0 aliphatic rings. The van der Waals surface area contributed by atoms with Crippen molar-refractivity contribution in [2.45, 2.75) is 20.4 Å². The summed E-state index contributed by atoms with van der Waals surface area (Å²) in [6.45, 7) is 4.70. The lowest BCUT2D eigenvalue weighted by atomic mass is 10.1. The summed E-state index contributed by atoms with van der Waals surface area (Å²) >= 11 is 0. The normalized spacial score (nSPS) is 10.3. The summed E-state index contributed by atoms with van der Waals surface area (Å²) in [6, 6.07) is 10.6. The lowest BCUT2D eigenvalue weighted by Gasteiger charge is -2.20. The lowest BCUT2D eigenvalue weighted by Crippen LogP contribution is -2.20. The van der Waals surface area contributed by atoms with Crippen LogP contribution in [0.2, 0.25) is 0 Å². The maximum atomic E-state index is 9.24. The van der Waals surface area contributed by atoms with Gasteiger partial charge in [-0.1, -0.05) is 29.8 Å². The molecule has 0 radical (unpaired) electrons. The van der Waals surface area contributed by atoms with Crippen molar-refractivity contribution in [2.75, 3.05) is 11.9 Å². The molecule has 0 atom stereocenters. The molecule has 1 aromatic heterocycles. The number of nitriles is 1. The van der Waals surface area contributed by atoms with Gasteiger partial charge in [0.25, 0.3) is 0 Å². The molecule has 4 nitrogen and oxygen atoms in total. The van der Waals surface area contributed by atoms with E-state index in [1.807, 2.05) is 21.0 Å². The van der Waals surface area contributed by atoms with Gasteiger partial charge in [0, 0.05) is 20.6 Å². The van der Waals surface area contributed by atoms with Gasteiger partial charge in [0.2, 0.25) is 0 Å². The van der Waals surface area contributed by atoms with Crippen LogP contribution in [0.4, 0.5) is 5.82 Å². The maximum Gasteiger partial charge on any atom is 0.145 e. The monoisotopic (exact) mass is 254 g/mol. The fourth-order valence-corrected chi connectivity index (χ4v) is 2.37. The van der Waals surface area contributed by atoms with Gasteiger partial charge in [0.05, 0.1) is 5.69 Å². The van der Waals surface area contributed by atoms with E-state index in [1.165, 1.54) is 11.1 Å². The van der Waals surface area contributed by atoms with Crippen molar-refractivity contribution in [1.82, 2.24) is 9.78 Å². The molecule has 1 aromatic carbocycles. The van der Waals surface area contributed by atoms with E-state index in [0.29, 0.717) is 5.56 Å². The minimum atomic E-state index is 0.651. The van der Waals surface area contributed by atoms with E-state index in [2.05, 4.69) is 47.3 Å². The average molecular weight is 254 g/mol. The quantitative estimate of drug-likeness (QED) is 0.845. The first-order chi connectivity index (χ1) is 9.02. The van der Waals surface area contributed by atoms with Crippen molar-refractivity contribution in [3.05, 3.63) is 46.6 Å². The minimum Gasteiger partial charge on any atom is -0.354 e. The largest absolute Gasteiger partial charge is 0.354 e. The van der Waals surface area contributed by atoms with E-state index < -0.39 is 0 Å². The molecule has 0 saturated carbocycles. The first-order valence-electron chi connectivity index (χ1n) is 6.23. The van der Waals surface area contributed by atoms with Crippen LogP contribution in [-0.2, 0) is 13.6 Å². The summed E-state index contributed by atoms with van der Waals surface area (Å²) in [6.07, 6.45) is 0. The summed E-state index contributed by atoms with van der Waals surface area (Å²) < 4.78 is 1.77. The molecule has 1 heterocycles. The van der Waals surface area contributed by atoms with E-state index >= 15 is 0 Å². The highest BCUT2D eigenvalue weighted by Crippen LogP contribution is 2.22. The van der Waals surface area contributed by atoms with E-state index in [4.69, 9.17) is 0 Å². The fourth-order valence-electron chi connectivity index (χ4n) is 2.37. The highest BCUT2D eigenvalue weighted by Gasteiger charge is 2.16. The first-order valence-corrected chi connectivity index (χ1v) is 6.23. The molecule has 19 heavy (non-hydrogen) atoms. The summed E-state index contributed by atoms with van der Waals surface area (Å²) in [5, 5.41) is 13.6. The van der Waals surface area contributed by atoms with Crippen LogP contribution in [0.5, 0.6) is 0 Å². The van der Waals surface area contributed by atoms with Gasteiger partial charge in [-0.05, 0) is 19.4 Å². The maximum absolute atomic E-state index is 9.24. The molecule has 0 spiro atoms. The van der Waals surface area contributed by atoms with Crippen molar-refractivity contribution in [2.24, 2.45) is 7.05 Å². The molecule has 0 aliphatic carbocycles. The molecule has 2 aromatic rings. The molecule has 4 heteroatoms. The van der Waals surface area contributed by atoms with Crippen molar-refractivity contribution in [3.63, 3.8) is 0 Å². The predicted molar refractivity (Wildman–Crippen MR) is 75.9 cm³/mol.